The number of anilines is 1. The lowest BCUT2D eigenvalue weighted by Gasteiger charge is -2.11. The second-order valence-electron chi connectivity index (χ2n) is 10.8. The van der Waals surface area contributed by atoms with E-state index in [0.29, 0.717) is 17.4 Å². The lowest BCUT2D eigenvalue weighted by molar-refractivity contribution is -0.683. The lowest BCUT2D eigenvalue weighted by atomic mass is 10.0. The van der Waals surface area contributed by atoms with E-state index in [-0.39, 0.29) is 12.3 Å². The van der Waals surface area contributed by atoms with Gasteiger partial charge in [-0.3, -0.25) is 4.79 Å². The van der Waals surface area contributed by atoms with Gasteiger partial charge in [-0.1, -0.05) is 132 Å². The molecule has 0 aliphatic rings. The number of benzene rings is 2. The summed E-state index contributed by atoms with van der Waals surface area (Å²) < 4.78 is 8.11. The van der Waals surface area contributed by atoms with Crippen LogP contribution in [0.5, 0.6) is 5.75 Å². The van der Waals surface area contributed by atoms with Crippen molar-refractivity contribution in [3.05, 3.63) is 75.7 Å². The number of hydrogen-bond donors (Lipinski definition) is 1. The van der Waals surface area contributed by atoms with Crippen LogP contribution < -0.4 is 14.6 Å². The van der Waals surface area contributed by atoms with Crippen LogP contribution in [0.1, 0.15) is 108 Å². The maximum Gasteiger partial charge on any atom is 0.228 e. The third-order valence-electron chi connectivity index (χ3n) is 7.25. The van der Waals surface area contributed by atoms with Crippen LogP contribution in [-0.4, -0.2) is 12.5 Å². The van der Waals surface area contributed by atoms with Gasteiger partial charge in [-0.25, -0.2) is 0 Å². The number of thiazole rings is 1. The Morgan fingerprint density at radius 3 is 2.02 bits per heavy atom. The molecule has 0 bridgehead atoms. The van der Waals surface area contributed by atoms with Crippen LogP contribution in [0.4, 0.5) is 5.69 Å². The summed E-state index contributed by atoms with van der Waals surface area (Å²) in [5.41, 5.74) is 4.97. The second-order valence-corrected chi connectivity index (χ2v) is 12.0. The predicted molar refractivity (Wildman–Crippen MR) is 170 cm³/mol. The zero-order chi connectivity index (χ0) is 28.3. The van der Waals surface area contributed by atoms with Gasteiger partial charge in [0.2, 0.25) is 11.4 Å². The van der Waals surface area contributed by atoms with Crippen LogP contribution in [0.3, 0.4) is 0 Å². The smallest absolute Gasteiger partial charge is 0.228 e. The van der Waals surface area contributed by atoms with Gasteiger partial charge in [-0.15, -0.1) is 0 Å². The zero-order valence-electron chi connectivity index (χ0n) is 24.3. The first-order valence-electron chi connectivity index (χ1n) is 15.4. The number of carbonyl (C=O) groups excluding carboxylic acids is 1. The minimum Gasteiger partial charge on any atom is -0.492 e. The lowest BCUT2D eigenvalue weighted by Crippen LogP contribution is -2.30. The molecule has 0 radical (unpaired) electrons. The molecule has 6 heteroatoms. The molecule has 0 unspecified atom stereocenters. The summed E-state index contributed by atoms with van der Waals surface area (Å²) in [6.07, 6.45) is 21.1. The number of nitrogens with one attached hydrogen (secondary N) is 1. The minimum atomic E-state index is -0.0554. The summed E-state index contributed by atoms with van der Waals surface area (Å²) in [6, 6.07) is 13.6. The highest BCUT2D eigenvalue weighted by molar-refractivity contribution is 7.07. The summed E-state index contributed by atoms with van der Waals surface area (Å²) in [6.45, 7) is 3.76. The van der Waals surface area contributed by atoms with Crippen LogP contribution in [-0.2, 0) is 17.8 Å². The molecular weight excluding hydrogens is 536 g/mol. The van der Waals surface area contributed by atoms with Crippen LogP contribution >= 0.6 is 22.9 Å². The quantitative estimate of drug-likeness (QED) is 0.100. The molecule has 1 amide bonds. The summed E-state index contributed by atoms with van der Waals surface area (Å²) in [5.74, 6) is 0.608. The number of halogens is 1. The Kier molecular flexibility index (Phi) is 15.8. The van der Waals surface area contributed by atoms with Crippen LogP contribution in [0.15, 0.2) is 59.6 Å². The van der Waals surface area contributed by atoms with Crippen molar-refractivity contribution in [2.24, 2.45) is 0 Å². The van der Waals surface area contributed by atoms with Crippen molar-refractivity contribution in [3.8, 4) is 5.75 Å². The van der Waals surface area contributed by atoms with Crippen molar-refractivity contribution in [2.45, 2.75) is 110 Å². The molecule has 3 aromatic rings. The van der Waals surface area contributed by atoms with Crippen molar-refractivity contribution < 1.29 is 14.1 Å². The molecule has 40 heavy (non-hydrogen) atoms. The Morgan fingerprint density at radius 1 is 0.825 bits per heavy atom. The fourth-order valence-electron chi connectivity index (χ4n) is 4.89. The molecule has 0 atom stereocenters. The molecule has 0 saturated heterocycles. The maximum atomic E-state index is 12.6. The fourth-order valence-corrected chi connectivity index (χ4v) is 5.66. The molecule has 1 N–H and O–H groups in total. The first kappa shape index (κ1) is 32.1. The summed E-state index contributed by atoms with van der Waals surface area (Å²) >= 11 is 8.04. The topological polar surface area (TPSA) is 42.2 Å². The van der Waals surface area contributed by atoms with Gasteiger partial charge < -0.3 is 10.1 Å². The van der Waals surface area contributed by atoms with E-state index in [1.807, 2.05) is 42.5 Å². The number of ether oxygens (including phenoxy) is 1. The highest BCUT2D eigenvalue weighted by Gasteiger charge is 2.09. The monoisotopic (exact) mass is 583 g/mol. The Balaban J connectivity index is 1.25. The molecule has 218 valence electrons. The number of unbranched alkanes of at least 4 members (excludes halogenated alkanes) is 13. The second kappa shape index (κ2) is 19.7. The number of aromatic nitrogens is 1. The molecule has 4 nitrogen and oxygen atoms in total. The number of hydrogen-bond acceptors (Lipinski definition) is 3. The van der Waals surface area contributed by atoms with Crippen molar-refractivity contribution >= 4 is 34.5 Å². The molecular formula is C34H48ClN2O2S+. The highest BCUT2D eigenvalue weighted by atomic mass is 35.5. The number of amides is 1. The van der Waals surface area contributed by atoms with Gasteiger partial charge in [-0.05, 0) is 36.2 Å². The average molecular weight is 584 g/mol. The minimum absolute atomic E-state index is 0.0554. The first-order chi connectivity index (χ1) is 19.6. The van der Waals surface area contributed by atoms with E-state index >= 15 is 0 Å². The Labute approximate surface area is 251 Å². The van der Waals surface area contributed by atoms with E-state index < -0.39 is 0 Å². The van der Waals surface area contributed by atoms with Gasteiger partial charge in [-0.2, -0.15) is 4.57 Å². The molecule has 1 aromatic heterocycles. The predicted octanol–water partition coefficient (Wildman–Crippen LogP) is 9.78. The molecule has 1 heterocycles. The SMILES string of the molecule is CCCCCCCCCCCCCCCCOc1cc(CC(=O)Nc2ccc(C[n+]3ccsc3)cc2)ccc1Cl. The molecule has 0 aliphatic carbocycles. The third-order valence-corrected chi connectivity index (χ3v) is 8.23. The summed E-state index contributed by atoms with van der Waals surface area (Å²) in [4.78, 5) is 12.6. The Morgan fingerprint density at radius 2 is 1.43 bits per heavy atom. The number of nitrogens with zero attached hydrogens (tertiary/aromatic N) is 1. The molecule has 2 aromatic carbocycles. The van der Waals surface area contributed by atoms with Gasteiger partial charge in [0.05, 0.1) is 23.4 Å². The number of carbonyl (C=O) groups is 1. The van der Waals surface area contributed by atoms with E-state index in [1.165, 1.54) is 89.0 Å². The van der Waals surface area contributed by atoms with Crippen molar-refractivity contribution in [1.29, 1.82) is 0 Å². The first-order valence-corrected chi connectivity index (χ1v) is 16.7. The van der Waals surface area contributed by atoms with Crippen LogP contribution in [0.2, 0.25) is 5.02 Å². The fraction of sp³-hybridized carbons (Fsp3) is 0.529. The van der Waals surface area contributed by atoms with Crippen molar-refractivity contribution in [1.82, 2.24) is 0 Å². The zero-order valence-corrected chi connectivity index (χ0v) is 25.9. The van der Waals surface area contributed by atoms with E-state index in [2.05, 4.69) is 33.9 Å². The van der Waals surface area contributed by atoms with Crippen LogP contribution in [0, 0.1) is 0 Å². The Hall–Kier alpha value is -2.37. The average Bonchev–Trinajstić information content (AvgIpc) is 3.46. The van der Waals surface area contributed by atoms with Gasteiger partial charge in [0, 0.05) is 11.3 Å². The summed E-state index contributed by atoms with van der Waals surface area (Å²) in [5, 5.41) is 5.64. The van der Waals surface area contributed by atoms with Gasteiger partial charge >= 0.3 is 0 Å². The highest BCUT2D eigenvalue weighted by Crippen LogP contribution is 2.26. The van der Waals surface area contributed by atoms with E-state index in [9.17, 15) is 4.79 Å². The number of rotatable bonds is 21. The largest absolute Gasteiger partial charge is 0.492 e. The van der Waals surface area contributed by atoms with E-state index in [0.717, 1.165) is 24.2 Å². The molecule has 0 saturated carbocycles. The molecule has 0 fully saturated rings. The molecule has 0 aliphatic heterocycles. The Bertz CT molecular complexity index is 1090. The summed E-state index contributed by atoms with van der Waals surface area (Å²) in [7, 11) is 0. The normalized spacial score (nSPS) is 11.1. The van der Waals surface area contributed by atoms with E-state index in [4.69, 9.17) is 16.3 Å². The maximum absolute atomic E-state index is 12.6. The van der Waals surface area contributed by atoms with Crippen molar-refractivity contribution in [2.75, 3.05) is 11.9 Å². The van der Waals surface area contributed by atoms with Crippen LogP contribution in [0.25, 0.3) is 0 Å². The van der Waals surface area contributed by atoms with E-state index in [1.54, 1.807) is 11.3 Å². The van der Waals surface area contributed by atoms with Gasteiger partial charge in [0.25, 0.3) is 0 Å². The van der Waals surface area contributed by atoms with Crippen molar-refractivity contribution in [3.63, 3.8) is 0 Å². The molecule has 0 spiro atoms. The molecule has 3 rings (SSSR count). The standard InChI is InChI=1S/C34H47ClN2O2S/c1-2-3-4-5-6-7-8-9-10-11-12-13-14-15-23-39-33-25-30(18-21-32(33)35)26-34(38)36-31-19-16-29(17-20-31)27-37-22-24-40-28-37/h16-22,24-25,28H,2-15,23,26-27H2,1H3/p+1. The third kappa shape index (κ3) is 13.3. The van der Waals surface area contributed by atoms with Gasteiger partial charge in [0.1, 0.15) is 5.75 Å². The van der Waals surface area contributed by atoms with Gasteiger partial charge in [0.15, 0.2) is 12.7 Å².